The largest absolute Gasteiger partial charge is 0.493 e. The van der Waals surface area contributed by atoms with Crippen LogP contribution in [0.25, 0.3) is 6.08 Å². The van der Waals surface area contributed by atoms with Gasteiger partial charge in [0.05, 0.1) is 27.9 Å². The number of anilines is 1. The van der Waals surface area contributed by atoms with Crippen LogP contribution in [-0.4, -0.2) is 18.2 Å². The molecule has 5 rings (SSSR count). The van der Waals surface area contributed by atoms with Gasteiger partial charge in [0.2, 0.25) is 0 Å². The molecule has 8 heteroatoms. The van der Waals surface area contributed by atoms with Crippen LogP contribution in [0.15, 0.2) is 111 Å². The molecule has 0 unspecified atom stereocenters. The van der Waals surface area contributed by atoms with Crippen LogP contribution in [0.4, 0.5) is 15.8 Å². The highest BCUT2D eigenvalue weighted by molar-refractivity contribution is 9.10. The number of hydrogen-bond acceptors (Lipinski definition) is 5. The highest BCUT2D eigenvalue weighted by Crippen LogP contribution is 2.41. The van der Waals surface area contributed by atoms with Crippen molar-refractivity contribution in [1.82, 2.24) is 0 Å². The molecule has 1 saturated heterocycles. The molecule has 38 heavy (non-hydrogen) atoms. The van der Waals surface area contributed by atoms with Crippen molar-refractivity contribution in [3.8, 4) is 11.5 Å². The van der Waals surface area contributed by atoms with E-state index in [-0.39, 0.29) is 18.3 Å². The summed E-state index contributed by atoms with van der Waals surface area (Å²) in [6, 6.07) is 28.9. The first-order chi connectivity index (χ1) is 18.5. The summed E-state index contributed by atoms with van der Waals surface area (Å²) in [5, 5.41) is 0.569. The number of carbonyl (C=O) groups excluding carboxylic acids is 1. The SMILES string of the molecule is COc1cc(/C=C2/SC(=Nc3ccccc3)N(c3ccccc3)C2=O)cc(Br)c1OCc1cccc(F)c1. The van der Waals surface area contributed by atoms with Gasteiger partial charge < -0.3 is 9.47 Å². The first-order valence-corrected chi connectivity index (χ1v) is 13.3. The number of amidine groups is 1. The van der Waals surface area contributed by atoms with Crippen LogP contribution < -0.4 is 14.4 Å². The lowest BCUT2D eigenvalue weighted by atomic mass is 10.1. The molecule has 0 N–H and O–H groups in total. The molecule has 0 atom stereocenters. The predicted molar refractivity (Wildman–Crippen MR) is 154 cm³/mol. The Balaban J connectivity index is 1.46. The van der Waals surface area contributed by atoms with Gasteiger partial charge in [0.25, 0.3) is 5.91 Å². The minimum Gasteiger partial charge on any atom is -0.493 e. The lowest BCUT2D eigenvalue weighted by Gasteiger charge is -2.15. The maximum absolute atomic E-state index is 13.6. The van der Waals surface area contributed by atoms with E-state index >= 15 is 0 Å². The van der Waals surface area contributed by atoms with Gasteiger partial charge in [-0.2, -0.15) is 0 Å². The summed E-state index contributed by atoms with van der Waals surface area (Å²) < 4.78 is 25.7. The smallest absolute Gasteiger partial charge is 0.271 e. The Kier molecular flexibility index (Phi) is 7.91. The third-order valence-corrected chi connectivity index (χ3v) is 7.18. The molecule has 0 aliphatic carbocycles. The van der Waals surface area contributed by atoms with Gasteiger partial charge in [-0.15, -0.1) is 0 Å². The lowest BCUT2D eigenvalue weighted by Crippen LogP contribution is -2.28. The number of hydrogen-bond donors (Lipinski definition) is 0. The van der Waals surface area contributed by atoms with E-state index in [1.807, 2.05) is 66.7 Å². The summed E-state index contributed by atoms with van der Waals surface area (Å²) in [6.07, 6.45) is 1.81. The molecule has 5 nitrogen and oxygen atoms in total. The number of aliphatic imine (C=N–C) groups is 1. The van der Waals surface area contributed by atoms with Gasteiger partial charge >= 0.3 is 0 Å². The zero-order chi connectivity index (χ0) is 26.5. The van der Waals surface area contributed by atoms with Crippen LogP contribution in [0.1, 0.15) is 11.1 Å². The number of methoxy groups -OCH3 is 1. The second-order valence-corrected chi connectivity index (χ2v) is 10.1. The summed E-state index contributed by atoms with van der Waals surface area (Å²) in [5.74, 6) is 0.479. The molecule has 1 heterocycles. The van der Waals surface area contributed by atoms with E-state index in [1.54, 1.807) is 36.3 Å². The molecule has 4 aromatic rings. The van der Waals surface area contributed by atoms with Gasteiger partial charge in [0.15, 0.2) is 16.7 Å². The Bertz CT molecular complexity index is 1530. The molecule has 1 amide bonds. The van der Waals surface area contributed by atoms with Gasteiger partial charge in [-0.1, -0.05) is 48.5 Å². The third kappa shape index (κ3) is 5.82. The van der Waals surface area contributed by atoms with E-state index in [0.717, 1.165) is 16.9 Å². The van der Waals surface area contributed by atoms with Crippen LogP contribution in [0.5, 0.6) is 11.5 Å². The molecule has 4 aromatic carbocycles. The molecule has 1 aliphatic rings. The van der Waals surface area contributed by atoms with Crippen LogP contribution in [0, 0.1) is 5.82 Å². The van der Waals surface area contributed by atoms with Gasteiger partial charge in [0.1, 0.15) is 12.4 Å². The average Bonchev–Trinajstić information content (AvgIpc) is 3.22. The van der Waals surface area contributed by atoms with Crippen LogP contribution in [-0.2, 0) is 11.4 Å². The summed E-state index contributed by atoms with van der Waals surface area (Å²) in [6.45, 7) is 0.173. The summed E-state index contributed by atoms with van der Waals surface area (Å²) in [7, 11) is 1.55. The van der Waals surface area contributed by atoms with E-state index in [2.05, 4.69) is 15.9 Å². The number of nitrogens with zero attached hydrogens (tertiary/aromatic N) is 2. The Labute approximate surface area is 232 Å². The highest BCUT2D eigenvalue weighted by Gasteiger charge is 2.34. The van der Waals surface area contributed by atoms with Gasteiger partial charge in [-0.25, -0.2) is 9.38 Å². The summed E-state index contributed by atoms with van der Waals surface area (Å²) in [5.41, 5.74) is 2.94. The average molecular weight is 589 g/mol. The Morgan fingerprint density at radius 3 is 2.42 bits per heavy atom. The summed E-state index contributed by atoms with van der Waals surface area (Å²) >= 11 is 4.87. The molecule has 0 aromatic heterocycles. The fourth-order valence-electron chi connectivity index (χ4n) is 3.86. The molecular formula is C30H22BrFN2O3S. The molecule has 0 bridgehead atoms. The molecular weight excluding hydrogens is 567 g/mol. The highest BCUT2D eigenvalue weighted by atomic mass is 79.9. The van der Waals surface area contributed by atoms with Crippen molar-refractivity contribution in [2.75, 3.05) is 12.0 Å². The topological polar surface area (TPSA) is 51.1 Å². The maximum Gasteiger partial charge on any atom is 0.271 e. The van der Waals surface area contributed by atoms with Crippen LogP contribution >= 0.6 is 27.7 Å². The van der Waals surface area contributed by atoms with Crippen molar-refractivity contribution in [2.24, 2.45) is 4.99 Å². The van der Waals surface area contributed by atoms with E-state index < -0.39 is 0 Å². The zero-order valence-electron chi connectivity index (χ0n) is 20.3. The zero-order valence-corrected chi connectivity index (χ0v) is 22.7. The van der Waals surface area contributed by atoms with E-state index in [1.165, 1.54) is 23.9 Å². The number of carbonyl (C=O) groups is 1. The molecule has 1 aliphatic heterocycles. The van der Waals surface area contributed by atoms with E-state index in [4.69, 9.17) is 14.5 Å². The van der Waals surface area contributed by atoms with E-state index in [9.17, 15) is 9.18 Å². The normalized spacial score (nSPS) is 15.3. The number of thioether (sulfide) groups is 1. The molecule has 0 spiro atoms. The molecule has 190 valence electrons. The number of rotatable bonds is 7. The monoisotopic (exact) mass is 588 g/mol. The number of para-hydroxylation sites is 2. The van der Waals surface area contributed by atoms with Crippen molar-refractivity contribution >= 4 is 56.2 Å². The lowest BCUT2D eigenvalue weighted by molar-refractivity contribution is -0.113. The first kappa shape index (κ1) is 25.8. The van der Waals surface area contributed by atoms with Crippen molar-refractivity contribution in [3.05, 3.63) is 123 Å². The minimum absolute atomic E-state index is 0.169. The number of halogens is 2. The molecule has 0 saturated carbocycles. The van der Waals surface area contributed by atoms with Crippen molar-refractivity contribution in [1.29, 1.82) is 0 Å². The Hall–Kier alpha value is -3.88. The second kappa shape index (κ2) is 11.7. The maximum atomic E-state index is 13.6. The molecule has 1 fully saturated rings. The van der Waals surface area contributed by atoms with Gasteiger partial charge in [0, 0.05) is 0 Å². The number of benzene rings is 4. The van der Waals surface area contributed by atoms with Crippen molar-refractivity contribution in [2.45, 2.75) is 6.61 Å². The third-order valence-electron chi connectivity index (χ3n) is 5.62. The predicted octanol–water partition coefficient (Wildman–Crippen LogP) is 7.98. The van der Waals surface area contributed by atoms with Crippen molar-refractivity contribution < 1.29 is 18.7 Å². The Morgan fingerprint density at radius 2 is 1.71 bits per heavy atom. The van der Waals surface area contributed by atoms with Gasteiger partial charge in [-0.3, -0.25) is 9.69 Å². The fraction of sp³-hybridized carbons (Fsp3) is 0.0667. The number of ether oxygens (including phenoxy) is 2. The van der Waals surface area contributed by atoms with Crippen LogP contribution in [0.3, 0.4) is 0 Å². The Morgan fingerprint density at radius 1 is 0.974 bits per heavy atom. The second-order valence-electron chi connectivity index (χ2n) is 8.27. The van der Waals surface area contributed by atoms with Crippen molar-refractivity contribution in [3.63, 3.8) is 0 Å². The summed E-state index contributed by atoms with van der Waals surface area (Å²) in [4.78, 5) is 20.4. The standard InChI is InChI=1S/C30H22BrFN2O3S/c1-36-26-17-21(16-25(31)28(26)37-19-20-9-8-10-22(32)15-20)18-27-29(35)34(24-13-6-3-7-14-24)30(38-27)33-23-11-4-2-5-12-23/h2-18H,19H2,1H3/b27-18+,33-30?. The minimum atomic E-state index is -0.322. The first-order valence-electron chi connectivity index (χ1n) is 11.7. The quantitative estimate of drug-likeness (QED) is 0.205. The number of amides is 1. The van der Waals surface area contributed by atoms with E-state index in [0.29, 0.717) is 31.6 Å². The van der Waals surface area contributed by atoms with Gasteiger partial charge in [-0.05, 0) is 93.4 Å². The molecule has 0 radical (unpaired) electrons. The fourth-order valence-corrected chi connectivity index (χ4v) is 5.44. The van der Waals surface area contributed by atoms with Crippen LogP contribution in [0.2, 0.25) is 0 Å².